The Labute approximate surface area is 221 Å². The van der Waals surface area contributed by atoms with Crippen molar-refractivity contribution < 1.29 is 24.2 Å². The van der Waals surface area contributed by atoms with Crippen molar-refractivity contribution >= 4 is 45.2 Å². The van der Waals surface area contributed by atoms with E-state index >= 15 is 0 Å². The number of hydrogen-bond donors (Lipinski definition) is 4. The van der Waals surface area contributed by atoms with Gasteiger partial charge in [-0.05, 0) is 44.9 Å². The quantitative estimate of drug-likeness (QED) is 0.219. The van der Waals surface area contributed by atoms with E-state index in [1.54, 1.807) is 24.6 Å². The first-order valence-electron chi connectivity index (χ1n) is 12.6. The minimum absolute atomic E-state index is 0.125. The van der Waals surface area contributed by atoms with Crippen LogP contribution in [-0.2, 0) is 27.2 Å². The topological polar surface area (TPSA) is 130 Å². The van der Waals surface area contributed by atoms with Crippen LogP contribution in [0, 0.1) is 0 Å². The van der Waals surface area contributed by atoms with E-state index in [9.17, 15) is 14.7 Å². The minimum atomic E-state index is -0.978. The predicted molar refractivity (Wildman–Crippen MR) is 148 cm³/mol. The van der Waals surface area contributed by atoms with Gasteiger partial charge in [0.05, 0.1) is 49.4 Å². The summed E-state index contributed by atoms with van der Waals surface area (Å²) in [7, 11) is 2.83. The molecule has 0 saturated carbocycles. The number of aromatic amines is 1. The average molecular weight is 522 g/mol. The van der Waals surface area contributed by atoms with Crippen LogP contribution < -0.4 is 10.6 Å². The number of esters is 1. The molecule has 4 N–H and O–H groups in total. The zero-order chi connectivity index (χ0) is 27.4. The van der Waals surface area contributed by atoms with Crippen LogP contribution in [0.1, 0.15) is 43.2 Å². The second-order valence-electron chi connectivity index (χ2n) is 9.88. The van der Waals surface area contributed by atoms with Gasteiger partial charge in [0.25, 0.3) is 0 Å². The molecule has 4 aromatic rings. The molecule has 0 radical (unpaired) electrons. The van der Waals surface area contributed by atoms with E-state index in [-0.39, 0.29) is 30.7 Å². The zero-order valence-electron chi connectivity index (χ0n) is 22.4. The van der Waals surface area contributed by atoms with Gasteiger partial charge < -0.3 is 34.8 Å². The summed E-state index contributed by atoms with van der Waals surface area (Å²) >= 11 is 0. The van der Waals surface area contributed by atoms with Crippen molar-refractivity contribution in [1.29, 1.82) is 0 Å². The molecule has 0 saturated heterocycles. The number of aromatic nitrogens is 3. The van der Waals surface area contributed by atoms with Crippen molar-refractivity contribution in [3.63, 3.8) is 0 Å². The van der Waals surface area contributed by atoms with Gasteiger partial charge >= 0.3 is 5.97 Å². The number of carbonyl (C=O) groups excluding carboxylic acids is 2. The maximum absolute atomic E-state index is 13.1. The summed E-state index contributed by atoms with van der Waals surface area (Å²) < 4.78 is 12.0. The fourth-order valence-corrected chi connectivity index (χ4v) is 4.35. The van der Waals surface area contributed by atoms with Gasteiger partial charge in [0.1, 0.15) is 5.65 Å². The van der Waals surface area contributed by atoms with Crippen LogP contribution in [0.2, 0.25) is 0 Å². The molecule has 4 rings (SSSR count). The molecule has 10 heteroatoms. The number of nitrogens with one attached hydrogen (secondary N) is 3. The highest BCUT2D eigenvalue weighted by Crippen LogP contribution is 2.34. The number of aryl methyl sites for hydroxylation is 2. The van der Waals surface area contributed by atoms with Crippen LogP contribution in [0.4, 0.5) is 11.4 Å². The molecule has 3 aromatic heterocycles. The second-order valence-corrected chi connectivity index (χ2v) is 9.88. The molecule has 0 aliphatic carbocycles. The number of benzene rings is 1. The Morgan fingerprint density at radius 2 is 1.97 bits per heavy atom. The Morgan fingerprint density at radius 3 is 2.68 bits per heavy atom. The van der Waals surface area contributed by atoms with E-state index in [0.29, 0.717) is 35.4 Å². The molecular weight excluding hydrogens is 486 g/mol. The molecule has 0 bridgehead atoms. The van der Waals surface area contributed by atoms with E-state index in [2.05, 4.69) is 26.7 Å². The van der Waals surface area contributed by atoms with E-state index in [4.69, 9.17) is 9.47 Å². The van der Waals surface area contributed by atoms with Gasteiger partial charge in [-0.3, -0.25) is 4.79 Å². The van der Waals surface area contributed by atoms with Crippen molar-refractivity contribution in [2.24, 2.45) is 0 Å². The Morgan fingerprint density at radius 1 is 1.21 bits per heavy atom. The molecule has 0 aliphatic heterocycles. The normalized spacial score (nSPS) is 12.6. The van der Waals surface area contributed by atoms with Crippen LogP contribution in [0.3, 0.4) is 0 Å². The smallest absolute Gasteiger partial charge is 0.356 e. The van der Waals surface area contributed by atoms with Crippen molar-refractivity contribution in [1.82, 2.24) is 14.5 Å². The number of hydrogen-bond acceptors (Lipinski definition) is 7. The molecule has 3 heterocycles. The highest BCUT2D eigenvalue weighted by molar-refractivity contribution is 6.11. The van der Waals surface area contributed by atoms with Gasteiger partial charge in [-0.15, -0.1) is 0 Å². The van der Waals surface area contributed by atoms with Crippen LogP contribution >= 0.6 is 0 Å². The largest absolute Gasteiger partial charge is 0.464 e. The number of H-pyrrole nitrogens is 1. The summed E-state index contributed by atoms with van der Waals surface area (Å²) in [5.74, 6) is -0.876. The molecule has 1 atom stereocenters. The predicted octanol–water partition coefficient (Wildman–Crippen LogP) is 4.09. The Kier molecular flexibility index (Phi) is 8.03. The van der Waals surface area contributed by atoms with Gasteiger partial charge in [-0.25, -0.2) is 9.78 Å². The third kappa shape index (κ3) is 5.66. The number of anilines is 2. The van der Waals surface area contributed by atoms with Crippen molar-refractivity contribution in [2.75, 3.05) is 31.5 Å². The maximum atomic E-state index is 13.1. The number of nitrogens with zero attached hydrogens (tertiary/aromatic N) is 2. The highest BCUT2D eigenvalue weighted by atomic mass is 16.5. The molecule has 1 unspecified atom stereocenters. The third-order valence-corrected chi connectivity index (χ3v) is 6.80. The molecule has 0 spiro atoms. The average Bonchev–Trinajstić information content (AvgIpc) is 3.43. The third-order valence-electron chi connectivity index (χ3n) is 6.80. The Hall–Kier alpha value is -3.89. The molecule has 1 amide bonds. The van der Waals surface area contributed by atoms with Gasteiger partial charge in [0.2, 0.25) is 5.91 Å². The lowest BCUT2D eigenvalue weighted by Crippen LogP contribution is -2.39. The van der Waals surface area contributed by atoms with Gasteiger partial charge in [0, 0.05) is 36.1 Å². The van der Waals surface area contributed by atoms with Crippen molar-refractivity contribution in [3.8, 4) is 0 Å². The minimum Gasteiger partial charge on any atom is -0.464 e. The summed E-state index contributed by atoms with van der Waals surface area (Å²) in [6, 6.07) is 9.57. The molecule has 10 nitrogen and oxygen atoms in total. The number of fused-ring (bicyclic) bond motifs is 2. The monoisotopic (exact) mass is 521 g/mol. The summed E-state index contributed by atoms with van der Waals surface area (Å²) in [5.41, 5.74) is 2.88. The standard InChI is InChI=1S/C28H35N5O5/c1-17(28(2,3)36)31-19-14-21-24(32-23(34)11-13-37-4)25(27(35)38-5)33(26(21)30-16-19)12-10-18-15-29-22-9-7-6-8-20(18)22/h6-9,14-17,29,31,36H,10-13H2,1-5H3,(H,32,34). The van der Waals surface area contributed by atoms with Gasteiger partial charge in [-0.1, -0.05) is 18.2 Å². The van der Waals surface area contributed by atoms with Crippen molar-refractivity contribution in [2.45, 2.75) is 51.8 Å². The second kappa shape index (κ2) is 11.2. The van der Waals surface area contributed by atoms with Crippen LogP contribution in [0.5, 0.6) is 0 Å². The number of rotatable bonds is 11. The number of carbonyl (C=O) groups is 2. The Bertz CT molecular complexity index is 1450. The summed E-state index contributed by atoms with van der Waals surface area (Å²) in [4.78, 5) is 33.8. The highest BCUT2D eigenvalue weighted by Gasteiger charge is 2.27. The number of aliphatic hydroxyl groups is 1. The van der Waals surface area contributed by atoms with Crippen LogP contribution in [0.15, 0.2) is 42.7 Å². The fourth-order valence-electron chi connectivity index (χ4n) is 4.35. The van der Waals surface area contributed by atoms with E-state index in [1.807, 2.05) is 37.4 Å². The van der Waals surface area contributed by atoms with Gasteiger partial charge in [-0.2, -0.15) is 0 Å². The lowest BCUT2D eigenvalue weighted by molar-refractivity contribution is -0.117. The molecule has 1 aromatic carbocycles. The fraction of sp³-hybridized carbons (Fsp3) is 0.393. The first-order chi connectivity index (χ1) is 18.1. The van der Waals surface area contributed by atoms with Gasteiger partial charge in [0.15, 0.2) is 5.69 Å². The van der Waals surface area contributed by atoms with Crippen molar-refractivity contribution in [3.05, 3.63) is 54.0 Å². The van der Waals surface area contributed by atoms with Crippen LogP contribution in [0.25, 0.3) is 21.9 Å². The summed E-state index contributed by atoms with van der Waals surface area (Å²) in [6.07, 6.45) is 4.37. The molecule has 202 valence electrons. The molecule has 0 fully saturated rings. The Balaban J connectivity index is 1.80. The maximum Gasteiger partial charge on any atom is 0.356 e. The zero-order valence-corrected chi connectivity index (χ0v) is 22.4. The lowest BCUT2D eigenvalue weighted by Gasteiger charge is -2.27. The lowest BCUT2D eigenvalue weighted by atomic mass is 10.0. The first kappa shape index (κ1) is 27.2. The molecular formula is C28H35N5O5. The molecule has 38 heavy (non-hydrogen) atoms. The van der Waals surface area contributed by atoms with E-state index in [1.165, 1.54) is 14.2 Å². The number of methoxy groups -OCH3 is 2. The summed E-state index contributed by atoms with van der Waals surface area (Å²) in [5, 5.41) is 18.2. The first-order valence-corrected chi connectivity index (χ1v) is 12.6. The number of pyridine rings is 1. The van der Waals surface area contributed by atoms with Crippen LogP contribution in [-0.4, -0.2) is 64.0 Å². The SMILES string of the molecule is COCCC(=O)Nc1c(C(=O)OC)n(CCc2c[nH]c3ccccc23)c2ncc(NC(C)C(C)(C)O)cc12. The summed E-state index contributed by atoms with van der Waals surface area (Å²) in [6.45, 7) is 5.97. The number of para-hydroxylation sites is 1. The van der Waals surface area contributed by atoms with E-state index < -0.39 is 11.6 Å². The molecule has 0 aliphatic rings. The number of ether oxygens (including phenoxy) is 2. The number of amides is 1. The van der Waals surface area contributed by atoms with E-state index in [0.717, 1.165) is 16.5 Å².